The minimum atomic E-state index is -1.17. The summed E-state index contributed by atoms with van der Waals surface area (Å²) < 4.78 is 11.4. The SMILES string of the molecule is Cc1cc(NC(=O)[C@@]23CC[C@]4(C)C(CCC5[C@@]6(C)CC[C@H](OC(=O)CC(C)(C)C(=O)O)C(C)(C)C6CC[C@]54C)C2=C(C(C)C)C(=O)C3)no1. The van der Waals surface area contributed by atoms with Crippen molar-refractivity contribution in [2.24, 2.45) is 56.2 Å². The molecular formula is C40H58N2O7. The van der Waals surface area contributed by atoms with Crippen LogP contribution in [0, 0.1) is 63.1 Å². The molecule has 4 saturated carbocycles. The third-order valence-corrected chi connectivity index (χ3v) is 15.1. The number of hydrogen-bond acceptors (Lipinski definition) is 7. The average Bonchev–Trinajstić information content (AvgIpc) is 3.54. The van der Waals surface area contributed by atoms with E-state index in [1.165, 1.54) is 0 Å². The van der Waals surface area contributed by atoms with Crippen LogP contribution in [0.5, 0.6) is 0 Å². The van der Waals surface area contributed by atoms with Crippen LogP contribution in [0.1, 0.15) is 132 Å². The van der Waals surface area contributed by atoms with E-state index in [-0.39, 0.29) is 64.1 Å². The molecule has 8 atom stereocenters. The minimum Gasteiger partial charge on any atom is -0.481 e. The predicted octanol–water partition coefficient (Wildman–Crippen LogP) is 8.31. The molecule has 49 heavy (non-hydrogen) atoms. The Morgan fingerprint density at radius 1 is 1.00 bits per heavy atom. The van der Waals surface area contributed by atoms with Crippen LogP contribution in [-0.4, -0.2) is 40.0 Å². The van der Waals surface area contributed by atoms with Crippen LogP contribution in [0.25, 0.3) is 0 Å². The number of aromatic nitrogens is 1. The fraction of sp³-hybridized carbons (Fsp3) is 0.775. The molecule has 0 radical (unpaired) electrons. The van der Waals surface area contributed by atoms with Gasteiger partial charge in [0, 0.05) is 17.9 Å². The number of amides is 1. The molecule has 0 aliphatic heterocycles. The summed E-state index contributed by atoms with van der Waals surface area (Å²) in [4.78, 5) is 52.9. The standard InChI is InChI=1S/C40H58N2O7/c1-22(2)31-25(43)20-40(33(45)41-29-19-23(3)49-42-29)18-17-38(9)24(32(31)40)11-12-27-37(8)15-14-28(48-30(44)21-35(4,5)34(46)47)36(6,7)26(37)13-16-39(27,38)10/h19,22,24,26-28H,11-18,20-21H2,1-10H3,(H,46,47)(H,41,42,45)/t24?,26?,27?,28-,37-,38+,39+,40+/m0/s1. The Hall–Kier alpha value is -2.97. The molecule has 0 bridgehead atoms. The zero-order chi connectivity index (χ0) is 36.1. The Bertz CT molecular complexity index is 1600. The third kappa shape index (κ3) is 5.17. The Labute approximate surface area is 291 Å². The number of hydrogen-bond donors (Lipinski definition) is 2. The van der Waals surface area contributed by atoms with Gasteiger partial charge in [-0.05, 0) is 123 Å². The number of carbonyl (C=O) groups is 4. The van der Waals surface area contributed by atoms with Crippen molar-refractivity contribution in [1.82, 2.24) is 5.16 Å². The van der Waals surface area contributed by atoms with Gasteiger partial charge in [0.2, 0.25) is 5.91 Å². The van der Waals surface area contributed by atoms with Crippen molar-refractivity contribution < 1.29 is 33.5 Å². The summed E-state index contributed by atoms with van der Waals surface area (Å²) in [6, 6.07) is 1.73. The molecule has 1 heterocycles. The Morgan fingerprint density at radius 2 is 1.69 bits per heavy atom. The smallest absolute Gasteiger partial charge is 0.309 e. The third-order valence-electron chi connectivity index (χ3n) is 15.1. The lowest BCUT2D eigenvalue weighted by molar-refractivity contribution is -0.233. The number of aliphatic carboxylic acids is 1. The van der Waals surface area contributed by atoms with Crippen molar-refractivity contribution in [2.75, 3.05) is 5.32 Å². The predicted molar refractivity (Wildman–Crippen MR) is 185 cm³/mol. The maximum Gasteiger partial charge on any atom is 0.309 e. The van der Waals surface area contributed by atoms with E-state index in [0.717, 1.165) is 56.1 Å². The lowest BCUT2D eigenvalue weighted by atomic mass is 9.33. The van der Waals surface area contributed by atoms with Crippen LogP contribution in [0.3, 0.4) is 0 Å². The molecule has 0 saturated heterocycles. The zero-order valence-electron chi connectivity index (χ0n) is 31.4. The van der Waals surface area contributed by atoms with Crippen molar-refractivity contribution in [3.05, 3.63) is 23.0 Å². The van der Waals surface area contributed by atoms with E-state index in [9.17, 15) is 24.3 Å². The van der Waals surface area contributed by atoms with Crippen molar-refractivity contribution >= 4 is 29.4 Å². The Morgan fingerprint density at radius 3 is 2.31 bits per heavy atom. The van der Waals surface area contributed by atoms with Crippen LogP contribution in [0.15, 0.2) is 21.7 Å². The summed E-state index contributed by atoms with van der Waals surface area (Å²) in [7, 11) is 0. The van der Waals surface area contributed by atoms with Gasteiger partial charge >= 0.3 is 11.9 Å². The Balaban J connectivity index is 1.31. The van der Waals surface area contributed by atoms with E-state index in [4.69, 9.17) is 9.26 Å². The van der Waals surface area contributed by atoms with Crippen LogP contribution in [0.4, 0.5) is 5.82 Å². The Kier molecular flexibility index (Phi) is 8.43. The van der Waals surface area contributed by atoms with Gasteiger partial charge in [-0.25, -0.2) is 0 Å². The van der Waals surface area contributed by atoms with Gasteiger partial charge in [-0.2, -0.15) is 0 Å². The van der Waals surface area contributed by atoms with Gasteiger partial charge in [0.15, 0.2) is 11.6 Å². The number of allylic oxidation sites excluding steroid dienone is 1. The molecule has 3 unspecified atom stereocenters. The largest absolute Gasteiger partial charge is 0.481 e. The van der Waals surface area contributed by atoms with E-state index in [0.29, 0.717) is 29.8 Å². The van der Waals surface area contributed by atoms with E-state index >= 15 is 0 Å². The number of ether oxygens (including phenoxy) is 1. The highest BCUT2D eigenvalue weighted by molar-refractivity contribution is 6.09. The van der Waals surface area contributed by atoms with Crippen molar-refractivity contribution in [1.29, 1.82) is 0 Å². The molecule has 0 spiro atoms. The van der Waals surface area contributed by atoms with E-state index < -0.39 is 22.8 Å². The average molecular weight is 679 g/mol. The quantitative estimate of drug-likeness (QED) is 0.275. The highest BCUT2D eigenvalue weighted by atomic mass is 16.5. The maximum absolute atomic E-state index is 14.3. The number of aryl methyl sites for hydroxylation is 1. The number of nitrogens with one attached hydrogen (secondary N) is 1. The van der Waals surface area contributed by atoms with Crippen molar-refractivity contribution in [3.63, 3.8) is 0 Å². The normalized spacial score (nSPS) is 38.3. The summed E-state index contributed by atoms with van der Waals surface area (Å²) in [6.45, 7) is 21.1. The van der Waals surface area contributed by atoms with E-state index in [1.807, 2.05) is 0 Å². The first-order chi connectivity index (χ1) is 22.6. The topological polar surface area (TPSA) is 136 Å². The van der Waals surface area contributed by atoms with Gasteiger partial charge in [-0.1, -0.05) is 53.6 Å². The number of carbonyl (C=O) groups excluding carboxylic acids is 3. The van der Waals surface area contributed by atoms with Crippen molar-refractivity contribution in [2.45, 2.75) is 140 Å². The summed E-state index contributed by atoms with van der Waals surface area (Å²) in [6.07, 6.45) is 7.06. The van der Waals surface area contributed by atoms with Crippen LogP contribution < -0.4 is 5.32 Å². The summed E-state index contributed by atoms with van der Waals surface area (Å²) >= 11 is 0. The second-order valence-corrected chi connectivity index (χ2v) is 18.8. The van der Waals surface area contributed by atoms with Gasteiger partial charge in [0.05, 0.1) is 17.3 Å². The molecule has 6 rings (SSSR count). The molecule has 9 nitrogen and oxygen atoms in total. The second kappa shape index (κ2) is 11.5. The molecule has 5 aliphatic rings. The van der Waals surface area contributed by atoms with Crippen LogP contribution in [-0.2, 0) is 23.9 Å². The number of ketones is 1. The fourth-order valence-corrected chi connectivity index (χ4v) is 12.4. The summed E-state index contributed by atoms with van der Waals surface area (Å²) in [5.41, 5.74) is -0.382. The van der Waals surface area contributed by atoms with Gasteiger partial charge in [0.1, 0.15) is 11.9 Å². The van der Waals surface area contributed by atoms with Crippen LogP contribution in [0.2, 0.25) is 0 Å². The number of Topliss-reactive ketones (excluding diaryl/α,β-unsaturated/α-hetero) is 1. The van der Waals surface area contributed by atoms with Crippen LogP contribution >= 0.6 is 0 Å². The lowest BCUT2D eigenvalue weighted by Gasteiger charge is -2.72. The summed E-state index contributed by atoms with van der Waals surface area (Å²) in [5.74, 6) is 0.528. The van der Waals surface area contributed by atoms with Crippen molar-refractivity contribution in [3.8, 4) is 0 Å². The van der Waals surface area contributed by atoms with E-state index in [1.54, 1.807) is 26.8 Å². The molecule has 9 heteroatoms. The molecule has 5 aliphatic carbocycles. The molecule has 1 aromatic rings. The van der Waals surface area contributed by atoms with Gasteiger partial charge in [0.25, 0.3) is 0 Å². The van der Waals surface area contributed by atoms with E-state index in [2.05, 4.69) is 58.9 Å². The molecule has 4 fully saturated rings. The number of carboxylic acids is 1. The first-order valence-corrected chi connectivity index (χ1v) is 18.6. The second-order valence-electron chi connectivity index (χ2n) is 18.8. The monoisotopic (exact) mass is 678 g/mol. The van der Waals surface area contributed by atoms with Gasteiger partial charge in [-0.15, -0.1) is 0 Å². The number of fused-ring (bicyclic) bond motifs is 7. The molecule has 1 amide bonds. The number of rotatable bonds is 7. The highest BCUT2D eigenvalue weighted by Gasteiger charge is 2.71. The summed E-state index contributed by atoms with van der Waals surface area (Å²) in [5, 5.41) is 16.7. The number of carboxylic acid groups (broad SMARTS) is 1. The van der Waals surface area contributed by atoms with Gasteiger partial charge < -0.3 is 19.7 Å². The molecule has 1 aromatic heterocycles. The highest BCUT2D eigenvalue weighted by Crippen LogP contribution is 2.76. The first-order valence-electron chi connectivity index (χ1n) is 18.6. The van der Waals surface area contributed by atoms with Gasteiger partial charge in [-0.3, -0.25) is 19.2 Å². The minimum absolute atomic E-state index is 0.00113. The molecule has 270 valence electrons. The lowest BCUT2D eigenvalue weighted by Crippen LogP contribution is -2.66. The maximum atomic E-state index is 14.3. The molecule has 2 N–H and O–H groups in total. The zero-order valence-corrected chi connectivity index (χ0v) is 31.4. The molecular weight excluding hydrogens is 620 g/mol. The molecule has 0 aromatic carbocycles. The first kappa shape index (κ1) is 35.8. The number of anilines is 1. The number of nitrogens with zero attached hydrogens (tertiary/aromatic N) is 1. The number of esters is 1. The fourth-order valence-electron chi connectivity index (χ4n) is 12.4.